The zero-order chi connectivity index (χ0) is 15.9. The molecule has 0 aliphatic heterocycles. The summed E-state index contributed by atoms with van der Waals surface area (Å²) in [5.74, 6) is 0.572. The van der Waals surface area contributed by atoms with Crippen LogP contribution in [0.5, 0.6) is 5.75 Å². The van der Waals surface area contributed by atoms with Crippen molar-refractivity contribution >= 4 is 26.5 Å². The van der Waals surface area contributed by atoms with Gasteiger partial charge >= 0.3 is 0 Å². The zero-order valence-corrected chi connectivity index (χ0v) is 16.5. The van der Waals surface area contributed by atoms with Crippen molar-refractivity contribution in [3.05, 3.63) is 18.2 Å². The van der Waals surface area contributed by atoms with Crippen LogP contribution in [0.4, 0.5) is 0 Å². The van der Waals surface area contributed by atoms with Crippen LogP contribution in [0.2, 0.25) is 19.6 Å². The Hall–Kier alpha value is -0.333. The summed E-state index contributed by atoms with van der Waals surface area (Å²) in [7, 11) is -1.96. The molecule has 0 saturated carbocycles. The fourth-order valence-electron chi connectivity index (χ4n) is 3.05. The summed E-state index contributed by atoms with van der Waals surface area (Å²) in [6.07, 6.45) is 0. The molecule has 0 unspecified atom stereocenters. The van der Waals surface area contributed by atoms with E-state index < -0.39 is 16.0 Å². The minimum atomic E-state index is -1.51. The summed E-state index contributed by atoms with van der Waals surface area (Å²) in [6, 6.07) is 6.39. The molecular formula is C17H31OPSi. The number of hydrogen-bond donors (Lipinski definition) is 1. The van der Waals surface area contributed by atoms with Crippen LogP contribution in [0.1, 0.15) is 41.5 Å². The Morgan fingerprint density at radius 1 is 0.900 bits per heavy atom. The second-order valence-electron chi connectivity index (χ2n) is 8.60. The molecule has 1 rings (SSSR count). The molecular weight excluding hydrogens is 279 g/mol. The van der Waals surface area contributed by atoms with Crippen LogP contribution in [0.3, 0.4) is 0 Å². The van der Waals surface area contributed by atoms with E-state index in [1.165, 1.54) is 10.5 Å². The van der Waals surface area contributed by atoms with Gasteiger partial charge in [-0.2, -0.15) is 0 Å². The summed E-state index contributed by atoms with van der Waals surface area (Å²) in [5, 5.41) is 13.6. The topological polar surface area (TPSA) is 20.2 Å². The number of phenols is 1. The van der Waals surface area contributed by atoms with Crippen LogP contribution < -0.4 is 10.5 Å². The van der Waals surface area contributed by atoms with Crippen LogP contribution >= 0.6 is 7.92 Å². The molecule has 0 spiro atoms. The number of para-hydroxylation sites is 1. The van der Waals surface area contributed by atoms with Crippen molar-refractivity contribution in [2.75, 3.05) is 0 Å². The average molecular weight is 310 g/mol. The lowest BCUT2D eigenvalue weighted by atomic mass is 10.2. The van der Waals surface area contributed by atoms with E-state index in [9.17, 15) is 5.11 Å². The summed E-state index contributed by atoms with van der Waals surface area (Å²) in [4.78, 5) is 0. The van der Waals surface area contributed by atoms with Crippen molar-refractivity contribution in [1.29, 1.82) is 0 Å². The molecule has 3 heteroatoms. The highest BCUT2D eigenvalue weighted by Crippen LogP contribution is 2.59. The van der Waals surface area contributed by atoms with E-state index in [4.69, 9.17) is 0 Å². The molecule has 0 bridgehead atoms. The SMILES string of the molecule is CC(C)(C)P(c1cccc([Si](C)(C)C)c1O)C(C)(C)C. The third kappa shape index (κ3) is 3.86. The van der Waals surface area contributed by atoms with Crippen LogP contribution in [-0.2, 0) is 0 Å². The Balaban J connectivity index is 3.52. The molecule has 114 valence electrons. The van der Waals surface area contributed by atoms with Gasteiger partial charge in [-0.25, -0.2) is 0 Å². The van der Waals surface area contributed by atoms with E-state index in [1.807, 2.05) is 0 Å². The van der Waals surface area contributed by atoms with Crippen molar-refractivity contribution in [3.63, 3.8) is 0 Å². The first kappa shape index (κ1) is 17.7. The van der Waals surface area contributed by atoms with E-state index in [2.05, 4.69) is 79.4 Å². The van der Waals surface area contributed by atoms with E-state index in [0.717, 1.165) is 0 Å². The first-order chi connectivity index (χ1) is 8.76. The van der Waals surface area contributed by atoms with Gasteiger partial charge in [-0.3, -0.25) is 0 Å². The summed E-state index contributed by atoms with van der Waals surface area (Å²) >= 11 is 0. The van der Waals surface area contributed by atoms with E-state index in [-0.39, 0.29) is 10.3 Å². The Labute approximate surface area is 127 Å². The second kappa shape index (κ2) is 5.46. The Morgan fingerprint density at radius 2 is 1.35 bits per heavy atom. The van der Waals surface area contributed by atoms with Crippen LogP contribution in [0.15, 0.2) is 18.2 Å². The highest BCUT2D eigenvalue weighted by molar-refractivity contribution is 7.68. The second-order valence-corrected chi connectivity index (χ2v) is 17.5. The molecule has 1 aromatic rings. The largest absolute Gasteiger partial charge is 0.507 e. The number of rotatable bonds is 2. The molecule has 1 aromatic carbocycles. The molecule has 0 atom stereocenters. The molecule has 1 nitrogen and oxygen atoms in total. The first-order valence-electron chi connectivity index (χ1n) is 7.39. The summed E-state index contributed by atoms with van der Waals surface area (Å²) < 4.78 is 0. The fourth-order valence-corrected chi connectivity index (χ4v) is 8.62. The molecule has 0 aliphatic rings. The lowest BCUT2D eigenvalue weighted by molar-refractivity contribution is 0.483. The maximum atomic E-state index is 10.9. The first-order valence-corrected chi connectivity index (χ1v) is 12.2. The van der Waals surface area contributed by atoms with Crippen LogP contribution in [0.25, 0.3) is 0 Å². The highest BCUT2D eigenvalue weighted by atomic mass is 31.1. The van der Waals surface area contributed by atoms with Gasteiger partial charge in [0.25, 0.3) is 0 Å². The van der Waals surface area contributed by atoms with Gasteiger partial charge in [0.05, 0.1) is 8.07 Å². The van der Waals surface area contributed by atoms with Gasteiger partial charge in [0.15, 0.2) is 0 Å². The number of hydrogen-bond acceptors (Lipinski definition) is 1. The Kier molecular flexibility index (Phi) is 4.84. The maximum absolute atomic E-state index is 10.9. The van der Waals surface area contributed by atoms with Gasteiger partial charge in [-0.15, -0.1) is 0 Å². The quantitative estimate of drug-likeness (QED) is 0.623. The van der Waals surface area contributed by atoms with E-state index in [0.29, 0.717) is 5.75 Å². The van der Waals surface area contributed by atoms with Gasteiger partial charge in [-0.1, -0.05) is 87.3 Å². The van der Waals surface area contributed by atoms with Crippen molar-refractivity contribution in [1.82, 2.24) is 0 Å². The molecule has 0 aromatic heterocycles. The molecule has 0 aliphatic carbocycles. The van der Waals surface area contributed by atoms with Crippen LogP contribution in [-0.4, -0.2) is 23.5 Å². The van der Waals surface area contributed by atoms with Gasteiger partial charge in [0.1, 0.15) is 5.75 Å². The van der Waals surface area contributed by atoms with Crippen molar-refractivity contribution in [2.24, 2.45) is 0 Å². The predicted molar refractivity (Wildman–Crippen MR) is 97.1 cm³/mol. The summed E-state index contributed by atoms with van der Waals surface area (Å²) in [6.45, 7) is 20.7. The summed E-state index contributed by atoms with van der Waals surface area (Å²) in [5.41, 5.74) is 0. The highest BCUT2D eigenvalue weighted by Gasteiger charge is 2.38. The minimum absolute atomic E-state index is 0.184. The Bertz CT molecular complexity index is 461. The molecule has 0 amide bonds. The van der Waals surface area contributed by atoms with Gasteiger partial charge < -0.3 is 5.11 Å². The predicted octanol–water partition coefficient (Wildman–Crippen LogP) is 4.64. The van der Waals surface area contributed by atoms with E-state index >= 15 is 0 Å². The third-order valence-electron chi connectivity index (χ3n) is 3.41. The average Bonchev–Trinajstić information content (AvgIpc) is 2.14. The van der Waals surface area contributed by atoms with Crippen molar-refractivity contribution in [3.8, 4) is 5.75 Å². The number of benzene rings is 1. The lowest BCUT2D eigenvalue weighted by Gasteiger charge is -2.42. The smallest absolute Gasteiger partial charge is 0.122 e. The van der Waals surface area contributed by atoms with Crippen molar-refractivity contribution in [2.45, 2.75) is 71.5 Å². The molecule has 0 heterocycles. The zero-order valence-electron chi connectivity index (χ0n) is 14.6. The molecule has 20 heavy (non-hydrogen) atoms. The van der Waals surface area contributed by atoms with E-state index in [1.54, 1.807) is 0 Å². The maximum Gasteiger partial charge on any atom is 0.122 e. The normalized spacial score (nSPS) is 13.9. The van der Waals surface area contributed by atoms with Gasteiger partial charge in [-0.05, 0) is 15.5 Å². The molecule has 0 saturated heterocycles. The van der Waals surface area contributed by atoms with Crippen molar-refractivity contribution < 1.29 is 5.11 Å². The number of aromatic hydroxyl groups is 1. The number of phenolic OH excluding ortho intramolecular Hbond substituents is 1. The minimum Gasteiger partial charge on any atom is -0.507 e. The monoisotopic (exact) mass is 310 g/mol. The Morgan fingerprint density at radius 3 is 1.70 bits per heavy atom. The van der Waals surface area contributed by atoms with Crippen LogP contribution in [0, 0.1) is 0 Å². The van der Waals surface area contributed by atoms with Gasteiger partial charge in [0.2, 0.25) is 0 Å². The molecule has 0 radical (unpaired) electrons. The standard InChI is InChI=1S/C17H31OPSi/c1-16(2,3)19(17(4,5)6)13-11-10-12-14(15(13)18)20(7,8)9/h10-12,18H,1-9H3. The molecule has 0 fully saturated rings. The third-order valence-corrected chi connectivity index (χ3v) is 8.95. The molecule has 1 N–H and O–H groups in total. The van der Waals surface area contributed by atoms with Gasteiger partial charge in [0, 0.05) is 5.30 Å². The lowest BCUT2D eigenvalue weighted by Crippen LogP contribution is -2.41. The fraction of sp³-hybridized carbons (Fsp3) is 0.647.